The maximum atomic E-state index is 13.2. The first-order chi connectivity index (χ1) is 12.4. The number of benzene rings is 1. The lowest BCUT2D eigenvalue weighted by molar-refractivity contribution is -0.136. The van der Waals surface area contributed by atoms with Crippen molar-refractivity contribution in [3.63, 3.8) is 0 Å². The lowest BCUT2D eigenvalue weighted by Gasteiger charge is -2.32. The number of rotatable bonds is 4. The van der Waals surface area contributed by atoms with Gasteiger partial charge in [0, 0.05) is 38.1 Å². The maximum Gasteiger partial charge on any atom is 0.232 e. The van der Waals surface area contributed by atoms with Crippen molar-refractivity contribution in [2.24, 2.45) is 0 Å². The maximum absolute atomic E-state index is 13.2. The normalized spacial score (nSPS) is 16.5. The minimum atomic E-state index is -0.641. The van der Waals surface area contributed by atoms with Gasteiger partial charge in [-0.05, 0) is 38.0 Å². The third-order valence-electron chi connectivity index (χ3n) is 4.92. The highest BCUT2D eigenvalue weighted by Gasteiger charge is 2.34. The highest BCUT2D eigenvalue weighted by Crippen LogP contribution is 2.31. The van der Waals surface area contributed by atoms with Crippen LogP contribution in [0.3, 0.4) is 0 Å². The molecule has 2 heterocycles. The van der Waals surface area contributed by atoms with Crippen LogP contribution in [0.25, 0.3) is 0 Å². The summed E-state index contributed by atoms with van der Waals surface area (Å²) in [6, 6.07) is 5.44. The molecule has 1 aliphatic heterocycles. The molecule has 1 aromatic carbocycles. The Bertz CT molecular complexity index is 764. The van der Waals surface area contributed by atoms with Gasteiger partial charge in [-0.2, -0.15) is 0 Å². The molecule has 0 radical (unpaired) electrons. The zero-order valence-corrected chi connectivity index (χ0v) is 17.4. The monoisotopic (exact) mass is 411 g/mol. The van der Waals surface area contributed by atoms with Gasteiger partial charge in [-0.1, -0.05) is 29.3 Å². The molecule has 4 nitrogen and oxygen atoms in total. The second kappa shape index (κ2) is 8.26. The molecule has 2 aromatic rings. The molecule has 0 N–H and O–H groups in total. The number of carbonyl (C=O) groups excluding carboxylic acids is 1. The molecular formula is C19H23Cl2N3OS. The molecule has 1 fully saturated rings. The number of thiazole rings is 1. The fourth-order valence-corrected chi connectivity index (χ4v) is 4.13. The van der Waals surface area contributed by atoms with Crippen molar-refractivity contribution in [2.75, 3.05) is 26.2 Å². The standard InChI is InChI=1S/C19H23Cl2N3OS/c1-19(2,14-4-5-16(20)17(21)10-14)18(25)24-7-3-6-23(8-9-24)11-15-12-26-13-22-15/h4-5,10,12-13H,3,6-9,11H2,1-2H3. The molecule has 140 valence electrons. The minimum Gasteiger partial charge on any atom is -0.341 e. The summed E-state index contributed by atoms with van der Waals surface area (Å²) in [4.78, 5) is 21.9. The van der Waals surface area contributed by atoms with Crippen molar-refractivity contribution in [1.29, 1.82) is 0 Å². The van der Waals surface area contributed by atoms with Gasteiger partial charge in [0.05, 0.1) is 26.7 Å². The van der Waals surface area contributed by atoms with Crippen LogP contribution in [0, 0.1) is 0 Å². The van der Waals surface area contributed by atoms with Crippen molar-refractivity contribution in [2.45, 2.75) is 32.2 Å². The van der Waals surface area contributed by atoms with Crippen LogP contribution in [0.2, 0.25) is 10.0 Å². The summed E-state index contributed by atoms with van der Waals surface area (Å²) < 4.78 is 0. The van der Waals surface area contributed by atoms with Crippen LogP contribution in [0.5, 0.6) is 0 Å². The number of hydrogen-bond acceptors (Lipinski definition) is 4. The predicted octanol–water partition coefficient (Wildman–Crippen LogP) is 4.46. The number of carbonyl (C=O) groups is 1. The molecule has 0 unspecified atom stereocenters. The number of aromatic nitrogens is 1. The largest absolute Gasteiger partial charge is 0.341 e. The Morgan fingerprint density at radius 2 is 2.00 bits per heavy atom. The number of amides is 1. The molecule has 26 heavy (non-hydrogen) atoms. The van der Waals surface area contributed by atoms with E-state index in [9.17, 15) is 4.79 Å². The molecule has 0 aliphatic carbocycles. The van der Waals surface area contributed by atoms with Gasteiger partial charge < -0.3 is 4.90 Å². The summed E-state index contributed by atoms with van der Waals surface area (Å²) in [5.41, 5.74) is 3.22. The fraction of sp³-hybridized carbons (Fsp3) is 0.474. The van der Waals surface area contributed by atoms with E-state index in [2.05, 4.69) is 15.3 Å². The summed E-state index contributed by atoms with van der Waals surface area (Å²) in [6.07, 6.45) is 0.966. The van der Waals surface area contributed by atoms with Gasteiger partial charge >= 0.3 is 0 Å². The van der Waals surface area contributed by atoms with Gasteiger partial charge in [-0.15, -0.1) is 11.3 Å². The predicted molar refractivity (Wildman–Crippen MR) is 108 cm³/mol. The van der Waals surface area contributed by atoms with E-state index in [0.29, 0.717) is 10.0 Å². The molecule has 7 heteroatoms. The third kappa shape index (κ3) is 4.39. The molecule has 0 saturated carbocycles. The van der Waals surface area contributed by atoms with Crippen LogP contribution in [0.15, 0.2) is 29.1 Å². The minimum absolute atomic E-state index is 0.131. The quantitative estimate of drug-likeness (QED) is 0.744. The Balaban J connectivity index is 1.67. The van der Waals surface area contributed by atoms with Gasteiger partial charge in [-0.3, -0.25) is 9.69 Å². The fourth-order valence-electron chi connectivity index (χ4n) is 3.28. The van der Waals surface area contributed by atoms with E-state index in [4.69, 9.17) is 23.2 Å². The molecule has 1 amide bonds. The van der Waals surface area contributed by atoms with Gasteiger partial charge in [0.25, 0.3) is 0 Å². The van der Waals surface area contributed by atoms with Gasteiger partial charge in [0.15, 0.2) is 0 Å². The highest BCUT2D eigenvalue weighted by atomic mass is 35.5. The number of nitrogens with zero attached hydrogens (tertiary/aromatic N) is 3. The van der Waals surface area contributed by atoms with E-state index < -0.39 is 5.41 Å². The summed E-state index contributed by atoms with van der Waals surface area (Å²) >= 11 is 13.8. The van der Waals surface area contributed by atoms with E-state index in [1.165, 1.54) is 0 Å². The molecule has 1 aromatic heterocycles. The van der Waals surface area contributed by atoms with Crippen LogP contribution < -0.4 is 0 Å². The number of halogens is 2. The Labute approximate surface area is 168 Å². The third-order valence-corrected chi connectivity index (χ3v) is 6.30. The average molecular weight is 412 g/mol. The van der Waals surface area contributed by atoms with E-state index in [1.54, 1.807) is 23.5 Å². The Kier molecular flexibility index (Phi) is 6.23. The molecule has 0 spiro atoms. The average Bonchev–Trinajstić information content (AvgIpc) is 3.01. The Morgan fingerprint density at radius 3 is 2.69 bits per heavy atom. The first kappa shape index (κ1) is 19.6. The van der Waals surface area contributed by atoms with E-state index >= 15 is 0 Å². The van der Waals surface area contributed by atoms with Crippen molar-refractivity contribution in [3.8, 4) is 0 Å². The summed E-state index contributed by atoms with van der Waals surface area (Å²) in [6.45, 7) is 8.10. The Morgan fingerprint density at radius 1 is 1.19 bits per heavy atom. The van der Waals surface area contributed by atoms with Crippen LogP contribution >= 0.6 is 34.5 Å². The summed E-state index contributed by atoms with van der Waals surface area (Å²) in [5, 5.41) is 3.07. The molecule has 0 bridgehead atoms. The van der Waals surface area contributed by atoms with Crippen LogP contribution in [-0.2, 0) is 16.8 Å². The topological polar surface area (TPSA) is 36.4 Å². The second-order valence-electron chi connectivity index (χ2n) is 7.16. The first-order valence-corrected chi connectivity index (χ1v) is 10.4. The molecule has 1 saturated heterocycles. The van der Waals surface area contributed by atoms with Gasteiger partial charge in [0.2, 0.25) is 5.91 Å². The van der Waals surface area contributed by atoms with E-state index in [-0.39, 0.29) is 5.91 Å². The summed E-state index contributed by atoms with van der Waals surface area (Å²) in [5.74, 6) is 0.131. The van der Waals surface area contributed by atoms with Crippen molar-refractivity contribution in [3.05, 3.63) is 50.4 Å². The van der Waals surface area contributed by atoms with Crippen molar-refractivity contribution >= 4 is 40.4 Å². The van der Waals surface area contributed by atoms with E-state index in [0.717, 1.165) is 50.4 Å². The molecule has 3 rings (SSSR count). The van der Waals surface area contributed by atoms with Crippen molar-refractivity contribution < 1.29 is 4.79 Å². The lowest BCUT2D eigenvalue weighted by Crippen LogP contribution is -2.45. The molecule has 1 aliphatic rings. The molecule has 0 atom stereocenters. The SMILES string of the molecule is CC(C)(C(=O)N1CCCN(Cc2cscn2)CC1)c1ccc(Cl)c(Cl)c1. The summed E-state index contributed by atoms with van der Waals surface area (Å²) in [7, 11) is 0. The molecular weight excluding hydrogens is 389 g/mol. The Hall–Kier alpha value is -1.14. The highest BCUT2D eigenvalue weighted by molar-refractivity contribution is 7.07. The van der Waals surface area contributed by atoms with Gasteiger partial charge in [0.1, 0.15) is 0 Å². The zero-order valence-electron chi connectivity index (χ0n) is 15.0. The van der Waals surface area contributed by atoms with Crippen LogP contribution in [0.1, 0.15) is 31.5 Å². The van der Waals surface area contributed by atoms with E-state index in [1.807, 2.05) is 30.3 Å². The van der Waals surface area contributed by atoms with Crippen LogP contribution in [-0.4, -0.2) is 46.9 Å². The van der Waals surface area contributed by atoms with Crippen molar-refractivity contribution in [1.82, 2.24) is 14.8 Å². The lowest BCUT2D eigenvalue weighted by atomic mass is 9.83. The number of hydrogen-bond donors (Lipinski definition) is 0. The second-order valence-corrected chi connectivity index (χ2v) is 8.69. The smallest absolute Gasteiger partial charge is 0.232 e. The van der Waals surface area contributed by atoms with Crippen LogP contribution in [0.4, 0.5) is 0 Å². The zero-order chi connectivity index (χ0) is 18.7. The van der Waals surface area contributed by atoms with Gasteiger partial charge in [-0.25, -0.2) is 4.98 Å². The first-order valence-electron chi connectivity index (χ1n) is 8.72.